The molecule has 3 rings (SSSR count). The van der Waals surface area contributed by atoms with E-state index < -0.39 is 124 Å². The zero-order chi connectivity index (χ0) is 77.4. The topological polar surface area (TPSA) is 307 Å². The van der Waals surface area contributed by atoms with Crippen LogP contribution in [0.25, 0.3) is 0 Å². The van der Waals surface area contributed by atoms with Crippen molar-refractivity contribution in [2.75, 3.05) is 26.4 Å². The van der Waals surface area contributed by atoms with Crippen LogP contribution in [0.3, 0.4) is 0 Å². The maximum absolute atomic E-state index is 13.5. The highest BCUT2D eigenvalue weighted by molar-refractivity contribution is 5.76. The first-order valence-electron chi connectivity index (χ1n) is 45.1. The van der Waals surface area contributed by atoms with Crippen molar-refractivity contribution in [1.29, 1.82) is 0 Å². The van der Waals surface area contributed by atoms with Crippen LogP contribution in [0.1, 0.15) is 399 Å². The number of nitrogens with one attached hydrogen (secondary N) is 1. The summed E-state index contributed by atoms with van der Waals surface area (Å²) in [7, 11) is 0. The summed E-state index contributed by atoms with van der Waals surface area (Å²) in [5.74, 6) is -0.233. The third kappa shape index (κ3) is 47.7. The highest BCUT2D eigenvalue weighted by atomic mass is 16.8. The lowest BCUT2D eigenvalue weighted by molar-refractivity contribution is -0.379. The number of rotatable bonds is 74. The van der Waals surface area contributed by atoms with Crippen LogP contribution in [0.15, 0.2) is 24.3 Å². The van der Waals surface area contributed by atoms with Crippen molar-refractivity contribution in [3.8, 4) is 0 Å². The van der Waals surface area contributed by atoms with Crippen molar-refractivity contribution >= 4 is 5.91 Å². The maximum atomic E-state index is 13.5. The molecule has 3 saturated heterocycles. The molecule has 0 saturated carbocycles. The van der Waals surface area contributed by atoms with Crippen LogP contribution in [0.4, 0.5) is 0 Å². The van der Waals surface area contributed by atoms with E-state index in [4.69, 9.17) is 28.4 Å². The van der Waals surface area contributed by atoms with Gasteiger partial charge in [-0.05, 0) is 44.9 Å². The number of aliphatic hydroxyl groups excluding tert-OH is 11. The maximum Gasteiger partial charge on any atom is 0.220 e. The van der Waals surface area contributed by atoms with Gasteiger partial charge < -0.3 is 89.9 Å². The number of carbonyl (C=O) groups is 1. The van der Waals surface area contributed by atoms with E-state index in [9.17, 15) is 61.0 Å². The molecule has 0 aromatic heterocycles. The van der Waals surface area contributed by atoms with Crippen LogP contribution in [-0.2, 0) is 33.2 Å². The van der Waals surface area contributed by atoms with Gasteiger partial charge in [0.1, 0.15) is 73.2 Å². The average molecular weight is 1530 g/mol. The van der Waals surface area contributed by atoms with Crippen molar-refractivity contribution < 1.29 is 89.4 Å². The summed E-state index contributed by atoms with van der Waals surface area (Å²) < 4.78 is 34.6. The number of unbranched alkanes of at least 4 members (excludes halogenated alkanes) is 54. The molecule has 0 aromatic carbocycles. The van der Waals surface area contributed by atoms with E-state index in [1.807, 2.05) is 0 Å². The van der Waals surface area contributed by atoms with Gasteiger partial charge in [0, 0.05) is 6.42 Å². The molecule has 19 nitrogen and oxygen atoms in total. The van der Waals surface area contributed by atoms with Gasteiger partial charge in [-0.1, -0.05) is 372 Å². The molecule has 632 valence electrons. The molecule has 0 radical (unpaired) electrons. The van der Waals surface area contributed by atoms with Crippen molar-refractivity contribution in [1.82, 2.24) is 5.32 Å². The molecule has 0 spiro atoms. The van der Waals surface area contributed by atoms with Crippen LogP contribution in [0.2, 0.25) is 0 Å². The largest absolute Gasteiger partial charge is 0.394 e. The normalized spacial score (nSPS) is 25.6. The van der Waals surface area contributed by atoms with Gasteiger partial charge in [0.15, 0.2) is 18.9 Å². The van der Waals surface area contributed by atoms with Crippen molar-refractivity contribution in [3.05, 3.63) is 24.3 Å². The summed E-state index contributed by atoms with van der Waals surface area (Å²) in [5, 5.41) is 121. The summed E-state index contributed by atoms with van der Waals surface area (Å²) in [5.41, 5.74) is 0. The summed E-state index contributed by atoms with van der Waals surface area (Å²) in [6, 6.07) is -0.887. The predicted octanol–water partition coefficient (Wildman–Crippen LogP) is 16.9. The summed E-state index contributed by atoms with van der Waals surface area (Å²) in [6.07, 6.45) is 58.6. The lowest BCUT2D eigenvalue weighted by Gasteiger charge is -2.48. The lowest BCUT2D eigenvalue weighted by atomic mass is 9.96. The molecule has 1 amide bonds. The Morgan fingerprint density at radius 2 is 0.617 bits per heavy atom. The first kappa shape index (κ1) is 99.5. The van der Waals surface area contributed by atoms with Crippen molar-refractivity contribution in [3.63, 3.8) is 0 Å². The Morgan fingerprint density at radius 3 is 0.953 bits per heavy atom. The monoisotopic (exact) mass is 1530 g/mol. The minimum atomic E-state index is -1.97. The lowest BCUT2D eigenvalue weighted by Crippen LogP contribution is -2.66. The molecule has 19 heteroatoms. The van der Waals surface area contributed by atoms with Crippen LogP contribution in [0.5, 0.6) is 0 Å². The minimum absolute atomic E-state index is 0.233. The van der Waals surface area contributed by atoms with Crippen LogP contribution < -0.4 is 5.32 Å². The van der Waals surface area contributed by atoms with Gasteiger partial charge in [-0.25, -0.2) is 0 Å². The molecule has 17 atom stereocenters. The van der Waals surface area contributed by atoms with E-state index in [1.54, 1.807) is 0 Å². The second kappa shape index (κ2) is 68.7. The third-order valence-electron chi connectivity index (χ3n) is 22.8. The number of ether oxygens (including phenoxy) is 6. The number of hydrogen-bond donors (Lipinski definition) is 12. The first-order chi connectivity index (χ1) is 52.3. The molecule has 3 heterocycles. The van der Waals surface area contributed by atoms with Crippen LogP contribution >= 0.6 is 0 Å². The van der Waals surface area contributed by atoms with Crippen LogP contribution in [-0.4, -0.2) is 193 Å². The zero-order valence-corrected chi connectivity index (χ0v) is 68.2. The minimum Gasteiger partial charge on any atom is -0.394 e. The van der Waals surface area contributed by atoms with E-state index >= 15 is 0 Å². The highest BCUT2D eigenvalue weighted by Crippen LogP contribution is 2.34. The van der Waals surface area contributed by atoms with Crippen molar-refractivity contribution in [2.24, 2.45) is 0 Å². The number of aliphatic hydroxyl groups is 11. The fraction of sp³-hybridized carbons (Fsp3) is 0.943. The molecule has 3 aliphatic heterocycles. The van der Waals surface area contributed by atoms with E-state index in [-0.39, 0.29) is 18.9 Å². The molecule has 3 fully saturated rings. The fourth-order valence-corrected chi connectivity index (χ4v) is 15.6. The predicted molar refractivity (Wildman–Crippen MR) is 430 cm³/mol. The van der Waals surface area contributed by atoms with E-state index in [0.29, 0.717) is 12.8 Å². The van der Waals surface area contributed by atoms with Gasteiger partial charge in [0.05, 0.1) is 38.6 Å². The molecule has 107 heavy (non-hydrogen) atoms. The quantitative estimate of drug-likeness (QED) is 0.0199. The second-order valence-electron chi connectivity index (χ2n) is 32.4. The summed E-state index contributed by atoms with van der Waals surface area (Å²) in [4.78, 5) is 13.5. The van der Waals surface area contributed by atoms with Gasteiger partial charge in [-0.3, -0.25) is 4.79 Å². The smallest absolute Gasteiger partial charge is 0.220 e. The van der Waals surface area contributed by atoms with E-state index in [0.717, 1.165) is 51.4 Å². The van der Waals surface area contributed by atoms with E-state index in [2.05, 4.69) is 43.5 Å². The third-order valence-corrected chi connectivity index (χ3v) is 22.8. The Labute approximate surface area is 651 Å². The Kier molecular flexibility index (Phi) is 63.8. The van der Waals surface area contributed by atoms with Crippen molar-refractivity contribution in [2.45, 2.75) is 503 Å². The van der Waals surface area contributed by atoms with Gasteiger partial charge >= 0.3 is 0 Å². The van der Waals surface area contributed by atoms with E-state index in [1.165, 1.54) is 315 Å². The molecular formula is C88H167NO18. The fourth-order valence-electron chi connectivity index (χ4n) is 15.6. The molecule has 12 N–H and O–H groups in total. The second-order valence-corrected chi connectivity index (χ2v) is 32.4. The number of hydrogen-bond acceptors (Lipinski definition) is 18. The van der Waals surface area contributed by atoms with Gasteiger partial charge in [0.25, 0.3) is 0 Å². The Morgan fingerprint density at radius 1 is 0.336 bits per heavy atom. The number of allylic oxidation sites excluding steroid dienone is 4. The molecule has 0 aliphatic carbocycles. The SMILES string of the molecule is CCCCCCC/C=C\C/C=C\CCCCCCCCCCCCCCCCCCCCCCCC(=O)NC(COC1OC(CO)C(OC2OC(CO)C(OC3OC(CO)C(O)C(O)C3O)C(O)C2O)C(O)C1O)C(O)CCCCCCCCCCCCCCCCCCCCCCCCCCCCCCC. The van der Waals surface area contributed by atoms with Crippen LogP contribution in [0, 0.1) is 0 Å². The summed E-state index contributed by atoms with van der Waals surface area (Å²) in [6.45, 7) is 1.87. The zero-order valence-electron chi connectivity index (χ0n) is 68.2. The summed E-state index contributed by atoms with van der Waals surface area (Å²) >= 11 is 0. The Hall–Kier alpha value is -1.73. The van der Waals surface area contributed by atoms with Gasteiger partial charge in [-0.2, -0.15) is 0 Å². The van der Waals surface area contributed by atoms with Gasteiger partial charge in [0.2, 0.25) is 5.91 Å². The molecule has 17 unspecified atom stereocenters. The standard InChI is InChI=1S/C88H167NO18/c1-3-5-7-9-11-13-15-17-19-21-23-25-27-29-31-33-34-35-36-38-40-42-44-46-48-50-52-54-56-58-60-62-64-66-76(94)89-71(72(93)65-63-61-59-57-55-53-51-49-47-45-43-41-39-37-32-30-28-26-24-22-20-18-16-14-12-10-8-6-4-2)70-102-86-82(100)79(97)84(74(68-91)104-86)107-88-83(101)80(98)85(75(69-92)105-88)106-87-81(99)78(96)77(95)73(67-90)103-87/h15,17,21,23,71-75,77-88,90-93,95-101H,3-14,16,18-20,22,24-70H2,1-2H3,(H,89,94)/b17-15-,23-21-. The Balaban J connectivity index is 1.32. The molecular weight excluding hydrogens is 1360 g/mol. The average Bonchev–Trinajstić information content (AvgIpc) is 0.782. The first-order valence-corrected chi connectivity index (χ1v) is 45.1. The number of amides is 1. The van der Waals surface area contributed by atoms with Gasteiger partial charge in [-0.15, -0.1) is 0 Å². The molecule has 0 aromatic rings. The molecule has 0 bridgehead atoms. The Bertz CT molecular complexity index is 2020. The highest BCUT2D eigenvalue weighted by Gasteiger charge is 2.54. The molecule has 3 aliphatic rings. The number of carbonyl (C=O) groups excluding carboxylic acids is 1.